The Labute approximate surface area is 137 Å². The molecule has 0 saturated heterocycles. The van der Waals surface area contributed by atoms with E-state index in [-0.39, 0.29) is 10.7 Å². The van der Waals surface area contributed by atoms with Gasteiger partial charge in [0, 0.05) is 9.13 Å². The third-order valence-electron chi connectivity index (χ3n) is 3.00. The van der Waals surface area contributed by atoms with Gasteiger partial charge in [-0.3, -0.25) is 9.52 Å². The number of hydrogen-bond acceptors (Lipinski definition) is 3. The zero-order valence-electron chi connectivity index (χ0n) is 11.6. The van der Waals surface area contributed by atoms with Crippen LogP contribution in [0.4, 0.5) is 5.69 Å². The summed E-state index contributed by atoms with van der Waals surface area (Å²) in [7, 11) is -3.65. The fraction of sp³-hybridized carbons (Fsp3) is 0.133. The van der Waals surface area contributed by atoms with E-state index in [9.17, 15) is 13.2 Å². The number of aryl methyl sites for hydroxylation is 1. The van der Waals surface area contributed by atoms with Crippen molar-refractivity contribution in [3.05, 3.63) is 57.2 Å². The summed E-state index contributed by atoms with van der Waals surface area (Å²) in [5.41, 5.74) is 1.89. The lowest BCUT2D eigenvalue weighted by Crippen LogP contribution is -2.14. The zero-order valence-corrected chi connectivity index (χ0v) is 14.5. The molecule has 0 aliphatic carbocycles. The molecular weight excluding hydrogens is 401 g/mol. The summed E-state index contributed by atoms with van der Waals surface area (Å²) in [6, 6.07) is 11.4. The summed E-state index contributed by atoms with van der Waals surface area (Å²) in [5, 5.41) is 0. The smallest absolute Gasteiger partial charge is 0.261 e. The van der Waals surface area contributed by atoms with Crippen LogP contribution < -0.4 is 4.72 Å². The Morgan fingerprint density at radius 1 is 1.10 bits per heavy atom. The van der Waals surface area contributed by atoms with E-state index in [0.717, 1.165) is 9.13 Å². The minimum absolute atomic E-state index is 0.0969. The van der Waals surface area contributed by atoms with Crippen molar-refractivity contribution < 1.29 is 13.2 Å². The van der Waals surface area contributed by atoms with Crippen LogP contribution >= 0.6 is 22.6 Å². The standard InChI is InChI=1S/C15H14INO3S/c1-10-9-13(16)5-8-15(10)17-21(19,20)14-6-3-12(4-7-14)11(2)18/h3-9,17H,1-2H3. The second kappa shape index (κ2) is 6.15. The number of Topliss-reactive ketones (excluding diaryl/α,β-unsaturated/α-hetero) is 1. The Balaban J connectivity index is 2.31. The Hall–Kier alpha value is -1.41. The average molecular weight is 415 g/mol. The van der Waals surface area contributed by atoms with Crippen molar-refractivity contribution in [1.82, 2.24) is 0 Å². The van der Waals surface area contributed by atoms with Crippen molar-refractivity contribution in [2.75, 3.05) is 4.72 Å². The summed E-state index contributed by atoms with van der Waals surface area (Å²) in [6.45, 7) is 3.29. The van der Waals surface area contributed by atoms with Crippen molar-refractivity contribution in [3.63, 3.8) is 0 Å². The lowest BCUT2D eigenvalue weighted by molar-refractivity contribution is 0.101. The van der Waals surface area contributed by atoms with Crippen LogP contribution in [0.5, 0.6) is 0 Å². The fourth-order valence-corrected chi connectivity index (χ4v) is 3.59. The normalized spacial score (nSPS) is 11.2. The molecule has 2 aromatic rings. The molecule has 2 aromatic carbocycles. The average Bonchev–Trinajstić information content (AvgIpc) is 2.42. The van der Waals surface area contributed by atoms with Crippen molar-refractivity contribution in [1.29, 1.82) is 0 Å². The van der Waals surface area contributed by atoms with Crippen LogP contribution in [0.15, 0.2) is 47.4 Å². The first kappa shape index (κ1) is 16.0. The maximum Gasteiger partial charge on any atom is 0.261 e. The van der Waals surface area contributed by atoms with Gasteiger partial charge < -0.3 is 0 Å². The number of hydrogen-bond donors (Lipinski definition) is 1. The summed E-state index contributed by atoms with van der Waals surface area (Å²) in [5.74, 6) is -0.0969. The van der Waals surface area contributed by atoms with E-state index in [1.807, 2.05) is 19.1 Å². The van der Waals surface area contributed by atoms with Crippen molar-refractivity contribution in [3.8, 4) is 0 Å². The summed E-state index contributed by atoms with van der Waals surface area (Å²) < 4.78 is 28.2. The Morgan fingerprint density at radius 2 is 1.71 bits per heavy atom. The van der Waals surface area contributed by atoms with Crippen LogP contribution in [0.3, 0.4) is 0 Å². The molecule has 0 unspecified atom stereocenters. The van der Waals surface area contributed by atoms with Gasteiger partial charge in [0.1, 0.15) is 0 Å². The molecule has 0 aromatic heterocycles. The molecule has 0 aliphatic rings. The van der Waals surface area contributed by atoms with E-state index in [0.29, 0.717) is 11.3 Å². The first-order valence-corrected chi connectivity index (χ1v) is 8.76. The monoisotopic (exact) mass is 415 g/mol. The lowest BCUT2D eigenvalue weighted by Gasteiger charge is -2.11. The number of rotatable bonds is 4. The molecule has 0 amide bonds. The molecular formula is C15H14INO3S. The molecule has 4 nitrogen and oxygen atoms in total. The molecule has 0 atom stereocenters. The number of nitrogens with one attached hydrogen (secondary N) is 1. The minimum Gasteiger partial charge on any atom is -0.295 e. The Kier molecular flexibility index (Phi) is 4.67. The molecule has 0 aliphatic heterocycles. The molecule has 1 N–H and O–H groups in total. The van der Waals surface area contributed by atoms with E-state index in [2.05, 4.69) is 27.3 Å². The highest BCUT2D eigenvalue weighted by molar-refractivity contribution is 14.1. The van der Waals surface area contributed by atoms with Gasteiger partial charge in [-0.25, -0.2) is 8.42 Å². The van der Waals surface area contributed by atoms with Gasteiger partial charge in [0.05, 0.1) is 10.6 Å². The molecule has 6 heteroatoms. The molecule has 0 spiro atoms. The number of halogens is 1. The highest BCUT2D eigenvalue weighted by atomic mass is 127. The van der Waals surface area contributed by atoms with E-state index in [4.69, 9.17) is 0 Å². The molecule has 2 rings (SSSR count). The van der Waals surface area contributed by atoms with Crippen LogP contribution in [0.1, 0.15) is 22.8 Å². The molecule has 21 heavy (non-hydrogen) atoms. The second-order valence-electron chi connectivity index (χ2n) is 4.65. The predicted molar refractivity (Wildman–Crippen MR) is 91.2 cm³/mol. The molecule has 0 saturated carbocycles. The molecule has 0 radical (unpaired) electrons. The first-order chi connectivity index (χ1) is 9.79. The van der Waals surface area contributed by atoms with Crippen LogP contribution in [-0.4, -0.2) is 14.2 Å². The van der Waals surface area contributed by atoms with E-state index in [1.54, 1.807) is 6.07 Å². The molecule has 0 heterocycles. The quantitative estimate of drug-likeness (QED) is 0.613. The summed E-state index contributed by atoms with van der Waals surface area (Å²) >= 11 is 2.17. The molecule has 0 fully saturated rings. The van der Waals surface area contributed by atoms with E-state index < -0.39 is 10.0 Å². The number of carbonyl (C=O) groups excluding carboxylic acids is 1. The second-order valence-corrected chi connectivity index (χ2v) is 7.57. The van der Waals surface area contributed by atoms with Crippen LogP contribution in [0.25, 0.3) is 0 Å². The van der Waals surface area contributed by atoms with Gasteiger partial charge in [0.25, 0.3) is 10.0 Å². The fourth-order valence-electron chi connectivity index (χ4n) is 1.81. The third-order valence-corrected chi connectivity index (χ3v) is 5.06. The number of carbonyl (C=O) groups is 1. The highest BCUT2D eigenvalue weighted by Gasteiger charge is 2.15. The summed E-state index contributed by atoms with van der Waals surface area (Å²) in [6.07, 6.45) is 0. The van der Waals surface area contributed by atoms with Gasteiger partial charge in [-0.05, 0) is 72.3 Å². The topological polar surface area (TPSA) is 63.2 Å². The van der Waals surface area contributed by atoms with Crippen LogP contribution in [-0.2, 0) is 10.0 Å². The maximum atomic E-state index is 12.3. The SMILES string of the molecule is CC(=O)c1ccc(S(=O)(=O)Nc2ccc(I)cc2C)cc1. The van der Waals surface area contributed by atoms with Crippen molar-refractivity contribution >= 4 is 44.1 Å². The van der Waals surface area contributed by atoms with Gasteiger partial charge in [-0.15, -0.1) is 0 Å². The van der Waals surface area contributed by atoms with E-state index in [1.165, 1.54) is 31.2 Å². The van der Waals surface area contributed by atoms with Gasteiger partial charge >= 0.3 is 0 Å². The third kappa shape index (κ3) is 3.82. The van der Waals surface area contributed by atoms with Crippen LogP contribution in [0, 0.1) is 10.5 Å². The summed E-state index contributed by atoms with van der Waals surface area (Å²) in [4.78, 5) is 11.3. The Morgan fingerprint density at radius 3 is 2.24 bits per heavy atom. The minimum atomic E-state index is -3.65. The van der Waals surface area contributed by atoms with Gasteiger partial charge in [0.15, 0.2) is 5.78 Å². The van der Waals surface area contributed by atoms with Gasteiger partial charge in [-0.1, -0.05) is 12.1 Å². The van der Waals surface area contributed by atoms with Gasteiger partial charge in [-0.2, -0.15) is 0 Å². The Bertz CT molecular complexity index is 783. The van der Waals surface area contributed by atoms with Gasteiger partial charge in [0.2, 0.25) is 0 Å². The van der Waals surface area contributed by atoms with Crippen molar-refractivity contribution in [2.45, 2.75) is 18.7 Å². The number of anilines is 1. The number of ketones is 1. The maximum absolute atomic E-state index is 12.3. The van der Waals surface area contributed by atoms with Crippen molar-refractivity contribution in [2.24, 2.45) is 0 Å². The highest BCUT2D eigenvalue weighted by Crippen LogP contribution is 2.21. The lowest BCUT2D eigenvalue weighted by atomic mass is 10.2. The number of benzene rings is 2. The van der Waals surface area contributed by atoms with Crippen LogP contribution in [0.2, 0.25) is 0 Å². The zero-order chi connectivity index (χ0) is 15.6. The largest absolute Gasteiger partial charge is 0.295 e. The molecule has 110 valence electrons. The molecule has 0 bridgehead atoms. The number of sulfonamides is 1. The predicted octanol–water partition coefficient (Wildman–Crippen LogP) is 3.60. The van der Waals surface area contributed by atoms with E-state index >= 15 is 0 Å². The first-order valence-electron chi connectivity index (χ1n) is 6.19.